The van der Waals surface area contributed by atoms with Gasteiger partial charge in [0.05, 0.1) is 25.5 Å². The van der Waals surface area contributed by atoms with Gasteiger partial charge in [-0.25, -0.2) is 0 Å². The van der Waals surface area contributed by atoms with E-state index in [4.69, 9.17) is 9.47 Å². The number of halogens is 3. The highest BCUT2D eigenvalue weighted by Crippen LogP contribution is 2.32. The van der Waals surface area contributed by atoms with Crippen LogP contribution in [-0.4, -0.2) is 25.9 Å². The number of hydrogen-bond donors (Lipinski definition) is 1. The lowest BCUT2D eigenvalue weighted by Gasteiger charge is -2.11. The van der Waals surface area contributed by atoms with Gasteiger partial charge in [0.1, 0.15) is 0 Å². The van der Waals surface area contributed by atoms with Gasteiger partial charge in [0, 0.05) is 11.4 Å². The van der Waals surface area contributed by atoms with Crippen molar-refractivity contribution in [2.45, 2.75) is 17.6 Å². The topological polar surface area (TPSA) is 47.6 Å². The summed E-state index contributed by atoms with van der Waals surface area (Å²) in [5, 5.41) is 2.72. The maximum Gasteiger partial charge on any atom is 0.416 e. The average Bonchev–Trinajstić information content (AvgIpc) is 2.64. The van der Waals surface area contributed by atoms with Crippen molar-refractivity contribution in [3.05, 3.63) is 53.6 Å². The van der Waals surface area contributed by atoms with Gasteiger partial charge in [0.15, 0.2) is 11.5 Å². The second-order valence-electron chi connectivity index (χ2n) is 5.28. The first-order valence-corrected chi connectivity index (χ1v) is 8.59. The SMILES string of the molecule is COc1ccc(CNC(=O)CSc2cccc(C(F)(F)F)c2)cc1OC. The molecule has 8 heteroatoms. The molecule has 0 aliphatic heterocycles. The Hall–Kier alpha value is -2.35. The van der Waals surface area contributed by atoms with Crippen LogP contribution in [0, 0.1) is 0 Å². The van der Waals surface area contributed by atoms with E-state index in [1.807, 2.05) is 0 Å². The summed E-state index contributed by atoms with van der Waals surface area (Å²) in [7, 11) is 3.05. The van der Waals surface area contributed by atoms with Gasteiger partial charge in [-0.15, -0.1) is 11.8 Å². The van der Waals surface area contributed by atoms with Crippen molar-refractivity contribution in [3.8, 4) is 11.5 Å². The quantitative estimate of drug-likeness (QED) is 0.728. The molecule has 1 N–H and O–H groups in total. The number of ether oxygens (including phenoxy) is 2. The monoisotopic (exact) mass is 385 g/mol. The third kappa shape index (κ3) is 5.59. The fraction of sp³-hybridized carbons (Fsp3) is 0.278. The van der Waals surface area contributed by atoms with Gasteiger partial charge in [-0.05, 0) is 35.9 Å². The molecule has 0 aliphatic rings. The molecule has 0 aromatic heterocycles. The van der Waals surface area contributed by atoms with E-state index in [1.54, 1.807) is 24.3 Å². The Morgan fingerprint density at radius 3 is 2.46 bits per heavy atom. The van der Waals surface area contributed by atoms with E-state index in [0.29, 0.717) is 16.4 Å². The van der Waals surface area contributed by atoms with Gasteiger partial charge < -0.3 is 14.8 Å². The number of methoxy groups -OCH3 is 2. The number of rotatable bonds is 7. The second kappa shape index (κ2) is 8.84. The molecule has 140 valence electrons. The van der Waals surface area contributed by atoms with Gasteiger partial charge in [0.25, 0.3) is 0 Å². The first-order valence-electron chi connectivity index (χ1n) is 7.61. The van der Waals surface area contributed by atoms with Crippen molar-refractivity contribution in [2.24, 2.45) is 0 Å². The van der Waals surface area contributed by atoms with Crippen LogP contribution >= 0.6 is 11.8 Å². The largest absolute Gasteiger partial charge is 0.493 e. The normalized spacial score (nSPS) is 11.1. The molecule has 2 aromatic rings. The van der Waals surface area contributed by atoms with Crippen LogP contribution in [0.3, 0.4) is 0 Å². The number of benzene rings is 2. The molecule has 0 saturated carbocycles. The predicted octanol–water partition coefficient (Wildman–Crippen LogP) is 4.13. The van der Waals surface area contributed by atoms with E-state index >= 15 is 0 Å². The second-order valence-corrected chi connectivity index (χ2v) is 6.33. The van der Waals surface area contributed by atoms with Crippen molar-refractivity contribution in [2.75, 3.05) is 20.0 Å². The smallest absolute Gasteiger partial charge is 0.416 e. The molecule has 0 bridgehead atoms. The van der Waals surface area contributed by atoms with Crippen molar-refractivity contribution < 1.29 is 27.4 Å². The fourth-order valence-corrected chi connectivity index (χ4v) is 2.94. The van der Waals surface area contributed by atoms with Crippen LogP contribution in [0.15, 0.2) is 47.4 Å². The van der Waals surface area contributed by atoms with Crippen molar-refractivity contribution in [3.63, 3.8) is 0 Å². The van der Waals surface area contributed by atoms with E-state index in [-0.39, 0.29) is 18.2 Å². The fourth-order valence-electron chi connectivity index (χ4n) is 2.15. The zero-order valence-electron chi connectivity index (χ0n) is 14.2. The zero-order valence-corrected chi connectivity index (χ0v) is 15.0. The molecule has 2 aromatic carbocycles. The molecule has 2 rings (SSSR count). The number of amides is 1. The molecule has 1 amide bonds. The Kier molecular flexibility index (Phi) is 6.79. The van der Waals surface area contributed by atoms with E-state index < -0.39 is 11.7 Å². The Balaban J connectivity index is 1.88. The van der Waals surface area contributed by atoms with Crippen LogP contribution in [0.2, 0.25) is 0 Å². The number of carbonyl (C=O) groups is 1. The number of nitrogens with one attached hydrogen (secondary N) is 1. The summed E-state index contributed by atoms with van der Waals surface area (Å²) in [6, 6.07) is 10.2. The number of hydrogen-bond acceptors (Lipinski definition) is 4. The highest BCUT2D eigenvalue weighted by molar-refractivity contribution is 8.00. The number of carbonyl (C=O) groups excluding carboxylic acids is 1. The van der Waals surface area contributed by atoms with Crippen molar-refractivity contribution in [1.82, 2.24) is 5.32 Å². The minimum absolute atomic E-state index is 0.0224. The maximum absolute atomic E-state index is 12.7. The summed E-state index contributed by atoms with van der Waals surface area (Å²) in [6.07, 6.45) is -4.40. The first kappa shape index (κ1) is 20.0. The third-order valence-electron chi connectivity index (χ3n) is 3.47. The predicted molar refractivity (Wildman–Crippen MR) is 93.6 cm³/mol. The summed E-state index contributed by atoms with van der Waals surface area (Å²) >= 11 is 1.05. The summed E-state index contributed by atoms with van der Waals surface area (Å²) in [5.74, 6) is 0.886. The Morgan fingerprint density at radius 1 is 1.08 bits per heavy atom. The maximum atomic E-state index is 12.7. The van der Waals surface area contributed by atoms with Crippen LogP contribution < -0.4 is 14.8 Å². The van der Waals surface area contributed by atoms with Gasteiger partial charge in [-0.1, -0.05) is 12.1 Å². The van der Waals surface area contributed by atoms with Crippen molar-refractivity contribution >= 4 is 17.7 Å². The van der Waals surface area contributed by atoms with E-state index in [2.05, 4.69) is 5.32 Å². The van der Waals surface area contributed by atoms with Crippen LogP contribution in [0.4, 0.5) is 13.2 Å². The van der Waals surface area contributed by atoms with Crippen LogP contribution in [0.1, 0.15) is 11.1 Å². The average molecular weight is 385 g/mol. The lowest BCUT2D eigenvalue weighted by molar-refractivity contribution is -0.137. The van der Waals surface area contributed by atoms with E-state index in [1.165, 1.54) is 20.3 Å². The summed E-state index contributed by atoms with van der Waals surface area (Å²) in [5.41, 5.74) is 0.0910. The Labute approximate surface area is 153 Å². The first-order chi connectivity index (χ1) is 12.3. The Morgan fingerprint density at radius 2 is 1.81 bits per heavy atom. The lowest BCUT2D eigenvalue weighted by atomic mass is 10.2. The third-order valence-corrected chi connectivity index (χ3v) is 4.46. The summed E-state index contributed by atoms with van der Waals surface area (Å²) in [6.45, 7) is 0.280. The van der Waals surface area contributed by atoms with Crippen LogP contribution in [-0.2, 0) is 17.5 Å². The molecule has 0 heterocycles. The molecule has 0 saturated heterocycles. The molecule has 0 atom stereocenters. The zero-order chi connectivity index (χ0) is 19.2. The molecule has 0 fully saturated rings. The van der Waals surface area contributed by atoms with Gasteiger partial charge >= 0.3 is 6.18 Å². The summed E-state index contributed by atoms with van der Waals surface area (Å²) in [4.78, 5) is 12.3. The minimum atomic E-state index is -4.40. The molecule has 0 unspecified atom stereocenters. The number of alkyl halides is 3. The molecular formula is C18H18F3NO3S. The molecular weight excluding hydrogens is 367 g/mol. The molecule has 0 radical (unpaired) electrons. The lowest BCUT2D eigenvalue weighted by Crippen LogP contribution is -2.24. The minimum Gasteiger partial charge on any atom is -0.493 e. The Bertz CT molecular complexity index is 766. The molecule has 0 aliphatic carbocycles. The molecule has 26 heavy (non-hydrogen) atoms. The van der Waals surface area contributed by atoms with Crippen molar-refractivity contribution in [1.29, 1.82) is 0 Å². The van der Waals surface area contributed by atoms with E-state index in [9.17, 15) is 18.0 Å². The van der Waals surface area contributed by atoms with E-state index in [0.717, 1.165) is 29.5 Å². The van der Waals surface area contributed by atoms with Gasteiger partial charge in [-0.2, -0.15) is 13.2 Å². The van der Waals surface area contributed by atoms with Gasteiger partial charge in [0.2, 0.25) is 5.91 Å². The van der Waals surface area contributed by atoms with Crippen LogP contribution in [0.5, 0.6) is 11.5 Å². The summed E-state index contributed by atoms with van der Waals surface area (Å²) < 4.78 is 48.4. The molecule has 0 spiro atoms. The molecule has 4 nitrogen and oxygen atoms in total. The number of thioether (sulfide) groups is 1. The highest BCUT2D eigenvalue weighted by atomic mass is 32.2. The standard InChI is InChI=1S/C18H18F3NO3S/c1-24-15-7-6-12(8-16(15)25-2)10-22-17(23)11-26-14-5-3-4-13(9-14)18(19,20)21/h3-9H,10-11H2,1-2H3,(H,22,23). The van der Waals surface area contributed by atoms with Crippen LogP contribution in [0.25, 0.3) is 0 Å². The highest BCUT2D eigenvalue weighted by Gasteiger charge is 2.30. The van der Waals surface area contributed by atoms with Gasteiger partial charge in [-0.3, -0.25) is 4.79 Å².